The van der Waals surface area contributed by atoms with Crippen molar-refractivity contribution >= 4 is 17.3 Å². The molecule has 0 saturated carbocycles. The van der Waals surface area contributed by atoms with Crippen LogP contribution in [0, 0.1) is 13.8 Å². The minimum Gasteiger partial charge on any atom is -0.352 e. The van der Waals surface area contributed by atoms with E-state index in [2.05, 4.69) is 87.1 Å². The number of pyridine rings is 2. The summed E-state index contributed by atoms with van der Waals surface area (Å²) in [4.78, 5) is 11.1. The Hall–Kier alpha value is -3.51. The molecule has 1 fully saturated rings. The zero-order valence-electron chi connectivity index (χ0n) is 18.8. The summed E-state index contributed by atoms with van der Waals surface area (Å²) in [5.74, 6) is 0. The van der Waals surface area contributed by atoms with E-state index in [1.807, 2.05) is 36.8 Å². The van der Waals surface area contributed by atoms with E-state index in [0.717, 1.165) is 23.9 Å². The SMILES string of the molecule is Cc1cc([C@@H]2[C@@H](c3ccccn3)NC(=S)N2Cc2ccccc2)c(C)n1Cc1ccncc1. The number of aryl methyl sites for hydroxylation is 1. The van der Waals surface area contributed by atoms with Gasteiger partial charge >= 0.3 is 0 Å². The molecule has 166 valence electrons. The molecule has 0 aliphatic carbocycles. The summed E-state index contributed by atoms with van der Waals surface area (Å²) < 4.78 is 2.38. The molecule has 1 saturated heterocycles. The Morgan fingerprint density at radius 2 is 1.61 bits per heavy atom. The lowest BCUT2D eigenvalue weighted by molar-refractivity contribution is 0.310. The van der Waals surface area contributed by atoms with Crippen molar-refractivity contribution in [2.45, 2.75) is 39.0 Å². The Kier molecular flexibility index (Phi) is 5.92. The molecule has 0 spiro atoms. The number of benzene rings is 1. The molecule has 5 nitrogen and oxygen atoms in total. The number of hydrogen-bond donors (Lipinski definition) is 1. The molecular formula is C27H27N5S. The van der Waals surface area contributed by atoms with Crippen molar-refractivity contribution in [2.24, 2.45) is 0 Å². The van der Waals surface area contributed by atoms with Crippen LogP contribution in [0.15, 0.2) is 85.3 Å². The maximum absolute atomic E-state index is 5.85. The molecule has 0 amide bonds. The second-order valence-corrected chi connectivity index (χ2v) is 8.89. The Morgan fingerprint density at radius 3 is 2.33 bits per heavy atom. The van der Waals surface area contributed by atoms with Gasteiger partial charge in [-0.2, -0.15) is 0 Å². The predicted molar refractivity (Wildman–Crippen MR) is 135 cm³/mol. The molecule has 3 aromatic heterocycles. The number of thiocarbonyl (C=S) groups is 1. The first kappa shape index (κ1) is 21.3. The summed E-state index contributed by atoms with van der Waals surface area (Å²) in [6, 6.07) is 23.1. The van der Waals surface area contributed by atoms with Crippen LogP contribution in [0.1, 0.15) is 45.9 Å². The average Bonchev–Trinajstić information content (AvgIpc) is 3.31. The molecule has 0 radical (unpaired) electrons. The van der Waals surface area contributed by atoms with Crippen molar-refractivity contribution in [3.05, 3.63) is 119 Å². The standard InChI is InChI=1S/C27H27N5S/c1-19-16-23(20(2)31(19)17-22-11-14-28-15-12-22)26-25(24-10-6-7-13-29-24)30-27(33)32(26)18-21-8-4-3-5-9-21/h3-16,25-26H,17-18H2,1-2H3,(H,30,33)/t25-,26-/m1/s1. The smallest absolute Gasteiger partial charge is 0.170 e. The summed E-state index contributed by atoms with van der Waals surface area (Å²) in [6.07, 6.45) is 5.55. The average molecular weight is 454 g/mol. The molecule has 1 aliphatic heterocycles. The highest BCUT2D eigenvalue weighted by Crippen LogP contribution is 2.41. The largest absolute Gasteiger partial charge is 0.352 e. The lowest BCUT2D eigenvalue weighted by Gasteiger charge is -2.28. The van der Waals surface area contributed by atoms with E-state index >= 15 is 0 Å². The molecule has 33 heavy (non-hydrogen) atoms. The fraction of sp³-hybridized carbons (Fsp3) is 0.222. The highest BCUT2D eigenvalue weighted by atomic mass is 32.1. The minimum atomic E-state index is -0.0164. The van der Waals surface area contributed by atoms with Crippen molar-refractivity contribution in [3.63, 3.8) is 0 Å². The van der Waals surface area contributed by atoms with E-state index in [1.54, 1.807) is 0 Å². The second kappa shape index (κ2) is 9.16. The summed E-state index contributed by atoms with van der Waals surface area (Å²) >= 11 is 5.85. The molecule has 4 aromatic rings. The topological polar surface area (TPSA) is 46.0 Å². The Labute approximate surface area is 200 Å². The van der Waals surface area contributed by atoms with E-state index in [0.29, 0.717) is 0 Å². The van der Waals surface area contributed by atoms with Crippen LogP contribution in [-0.2, 0) is 13.1 Å². The molecule has 0 unspecified atom stereocenters. The van der Waals surface area contributed by atoms with Crippen molar-refractivity contribution in [3.8, 4) is 0 Å². The lowest BCUT2D eigenvalue weighted by Crippen LogP contribution is -2.29. The van der Waals surface area contributed by atoms with E-state index in [4.69, 9.17) is 12.2 Å². The predicted octanol–water partition coefficient (Wildman–Crippen LogP) is 5.12. The van der Waals surface area contributed by atoms with Gasteiger partial charge in [-0.05, 0) is 73.1 Å². The zero-order chi connectivity index (χ0) is 22.8. The van der Waals surface area contributed by atoms with Crippen LogP contribution in [0.25, 0.3) is 0 Å². The molecule has 5 rings (SSSR count). The van der Waals surface area contributed by atoms with Crippen molar-refractivity contribution in [1.82, 2.24) is 24.8 Å². The van der Waals surface area contributed by atoms with Gasteiger partial charge in [-0.25, -0.2) is 0 Å². The van der Waals surface area contributed by atoms with Gasteiger partial charge in [-0.3, -0.25) is 9.97 Å². The fourth-order valence-corrected chi connectivity index (χ4v) is 5.04. The van der Waals surface area contributed by atoms with Crippen molar-refractivity contribution in [1.29, 1.82) is 0 Å². The van der Waals surface area contributed by atoms with Crippen LogP contribution >= 0.6 is 12.2 Å². The third kappa shape index (κ3) is 4.26. The molecular weight excluding hydrogens is 426 g/mol. The van der Waals surface area contributed by atoms with Gasteiger partial charge in [0.15, 0.2) is 5.11 Å². The summed E-state index contributed by atoms with van der Waals surface area (Å²) in [5.41, 5.74) is 7.23. The van der Waals surface area contributed by atoms with Crippen LogP contribution in [-0.4, -0.2) is 24.5 Å². The van der Waals surface area contributed by atoms with Gasteiger partial charge in [0, 0.05) is 43.1 Å². The van der Waals surface area contributed by atoms with Gasteiger partial charge < -0.3 is 14.8 Å². The fourth-order valence-electron chi connectivity index (χ4n) is 4.74. The second-order valence-electron chi connectivity index (χ2n) is 8.51. The van der Waals surface area contributed by atoms with Crippen molar-refractivity contribution in [2.75, 3.05) is 0 Å². The summed E-state index contributed by atoms with van der Waals surface area (Å²) in [7, 11) is 0. The number of rotatable bonds is 6. The van der Waals surface area contributed by atoms with Crippen LogP contribution in [0.3, 0.4) is 0 Å². The number of nitrogens with zero attached hydrogens (tertiary/aromatic N) is 4. The quantitative estimate of drug-likeness (QED) is 0.411. The van der Waals surface area contributed by atoms with Crippen LogP contribution in [0.4, 0.5) is 0 Å². The first-order valence-electron chi connectivity index (χ1n) is 11.2. The van der Waals surface area contributed by atoms with Gasteiger partial charge in [0.1, 0.15) is 0 Å². The first-order chi connectivity index (χ1) is 16.1. The molecule has 1 aromatic carbocycles. The number of hydrogen-bond acceptors (Lipinski definition) is 3. The third-order valence-corrected chi connectivity index (χ3v) is 6.77. The van der Waals surface area contributed by atoms with E-state index in [1.165, 1.54) is 28.1 Å². The molecule has 1 N–H and O–H groups in total. The monoisotopic (exact) mass is 453 g/mol. The van der Waals surface area contributed by atoms with Crippen molar-refractivity contribution < 1.29 is 0 Å². The Balaban J connectivity index is 1.56. The van der Waals surface area contributed by atoms with Gasteiger partial charge in [0.05, 0.1) is 17.8 Å². The minimum absolute atomic E-state index is 0.0164. The molecule has 1 aliphatic rings. The molecule has 6 heteroatoms. The van der Waals surface area contributed by atoms with Gasteiger partial charge in [0.2, 0.25) is 0 Å². The highest BCUT2D eigenvalue weighted by Gasteiger charge is 2.41. The maximum atomic E-state index is 5.85. The number of aromatic nitrogens is 3. The van der Waals surface area contributed by atoms with Crippen LogP contribution < -0.4 is 5.32 Å². The van der Waals surface area contributed by atoms with E-state index < -0.39 is 0 Å². The molecule has 0 bridgehead atoms. The van der Waals surface area contributed by atoms with E-state index in [9.17, 15) is 0 Å². The zero-order valence-corrected chi connectivity index (χ0v) is 19.7. The Bertz CT molecular complexity index is 1240. The van der Waals surface area contributed by atoms with E-state index in [-0.39, 0.29) is 12.1 Å². The van der Waals surface area contributed by atoms with Gasteiger partial charge in [0.25, 0.3) is 0 Å². The van der Waals surface area contributed by atoms with Crippen LogP contribution in [0.5, 0.6) is 0 Å². The molecule has 4 heterocycles. The van der Waals surface area contributed by atoms with Crippen LogP contribution in [0.2, 0.25) is 0 Å². The summed E-state index contributed by atoms with van der Waals surface area (Å²) in [5, 5.41) is 4.33. The highest BCUT2D eigenvalue weighted by molar-refractivity contribution is 7.80. The Morgan fingerprint density at radius 1 is 0.879 bits per heavy atom. The van der Waals surface area contributed by atoms with Gasteiger partial charge in [-0.15, -0.1) is 0 Å². The normalized spacial score (nSPS) is 17.9. The molecule has 2 atom stereocenters. The maximum Gasteiger partial charge on any atom is 0.170 e. The van der Waals surface area contributed by atoms with Gasteiger partial charge in [-0.1, -0.05) is 36.4 Å². The third-order valence-electron chi connectivity index (χ3n) is 6.41. The summed E-state index contributed by atoms with van der Waals surface area (Å²) in [6.45, 7) is 5.95. The number of nitrogens with one attached hydrogen (secondary N) is 1. The first-order valence-corrected chi connectivity index (χ1v) is 11.6. The lowest BCUT2D eigenvalue weighted by atomic mass is 9.96.